The number of aromatic nitrogens is 1. The van der Waals surface area contributed by atoms with Gasteiger partial charge in [0, 0.05) is 26.1 Å². The summed E-state index contributed by atoms with van der Waals surface area (Å²) < 4.78 is 0. The van der Waals surface area contributed by atoms with Crippen LogP contribution in [-0.4, -0.2) is 30.5 Å². The Morgan fingerprint density at radius 3 is 2.67 bits per heavy atom. The molecule has 2 heterocycles. The minimum Gasteiger partial charge on any atom is -0.354 e. The third-order valence-electron chi connectivity index (χ3n) is 3.43. The number of nitrogens with one attached hydrogen (secondary N) is 1. The van der Waals surface area contributed by atoms with E-state index in [-0.39, 0.29) is 16.6 Å². The molecule has 1 fully saturated rings. The highest BCUT2D eigenvalue weighted by atomic mass is 35.5. The predicted molar refractivity (Wildman–Crippen MR) is 77.9 cm³/mol. The Morgan fingerprint density at radius 1 is 1.33 bits per heavy atom. The van der Waals surface area contributed by atoms with E-state index in [1.807, 2.05) is 17.9 Å². The Labute approximate surface area is 127 Å². The third kappa shape index (κ3) is 2.91. The lowest BCUT2D eigenvalue weighted by molar-refractivity contribution is -0.120. The van der Waals surface area contributed by atoms with Crippen molar-refractivity contribution in [3.8, 4) is 12.1 Å². The maximum atomic E-state index is 11.4. The fourth-order valence-electron chi connectivity index (χ4n) is 2.38. The normalized spacial score (nSPS) is 14.9. The van der Waals surface area contributed by atoms with Crippen LogP contribution < -0.4 is 10.2 Å². The molecule has 1 aliphatic heterocycles. The van der Waals surface area contributed by atoms with Crippen molar-refractivity contribution < 1.29 is 4.79 Å². The average molecular weight is 304 g/mol. The molecule has 1 aliphatic rings. The van der Waals surface area contributed by atoms with Gasteiger partial charge in [-0.3, -0.25) is 4.79 Å². The number of rotatable bonds is 2. The Bertz CT molecular complexity index is 659. The smallest absolute Gasteiger partial charge is 0.221 e. The van der Waals surface area contributed by atoms with Crippen LogP contribution in [0, 0.1) is 22.7 Å². The van der Waals surface area contributed by atoms with Crippen molar-refractivity contribution in [2.45, 2.75) is 19.8 Å². The lowest BCUT2D eigenvalue weighted by atomic mass is 10.0. The average Bonchev–Trinajstić information content (AvgIpc) is 2.70. The van der Waals surface area contributed by atoms with Crippen molar-refractivity contribution in [1.29, 1.82) is 10.5 Å². The zero-order chi connectivity index (χ0) is 15.4. The summed E-state index contributed by atoms with van der Waals surface area (Å²) >= 11 is 6.08. The summed E-state index contributed by atoms with van der Waals surface area (Å²) in [6.45, 7) is 3.38. The molecule has 1 N–H and O–H groups in total. The van der Waals surface area contributed by atoms with Crippen molar-refractivity contribution in [2.75, 3.05) is 24.5 Å². The van der Waals surface area contributed by atoms with Gasteiger partial charge in [-0.25, -0.2) is 4.98 Å². The molecule has 0 unspecified atom stereocenters. The molecule has 2 rings (SSSR count). The van der Waals surface area contributed by atoms with Crippen LogP contribution in [0.5, 0.6) is 0 Å². The number of carbonyl (C=O) groups excluding carboxylic acids is 1. The largest absolute Gasteiger partial charge is 0.354 e. The molecule has 108 valence electrons. The second-order valence-corrected chi connectivity index (χ2v) is 4.98. The van der Waals surface area contributed by atoms with E-state index >= 15 is 0 Å². The van der Waals surface area contributed by atoms with Gasteiger partial charge in [0.1, 0.15) is 23.1 Å². The van der Waals surface area contributed by atoms with Crippen molar-refractivity contribution in [3.63, 3.8) is 0 Å². The first kappa shape index (κ1) is 15.1. The first-order valence-corrected chi connectivity index (χ1v) is 7.04. The highest BCUT2D eigenvalue weighted by Gasteiger charge is 2.23. The van der Waals surface area contributed by atoms with Gasteiger partial charge < -0.3 is 10.2 Å². The standard InChI is InChI=1S/C14H14ClN5O/c1-2-9-10(7-16)13(15)19-14(11(9)8-17)20-5-3-12(21)18-4-6-20/h2-6H2,1H3,(H,18,21). The van der Waals surface area contributed by atoms with Crippen molar-refractivity contribution in [2.24, 2.45) is 0 Å². The van der Waals surface area contributed by atoms with E-state index in [1.165, 1.54) is 0 Å². The van der Waals surface area contributed by atoms with E-state index in [2.05, 4.69) is 16.4 Å². The van der Waals surface area contributed by atoms with Crippen LogP contribution in [0.4, 0.5) is 5.82 Å². The molecule has 7 heteroatoms. The Hall–Kier alpha value is -2.31. The van der Waals surface area contributed by atoms with Gasteiger partial charge in [-0.2, -0.15) is 10.5 Å². The molecule has 21 heavy (non-hydrogen) atoms. The van der Waals surface area contributed by atoms with E-state index in [1.54, 1.807) is 0 Å². The predicted octanol–water partition coefficient (Wildman–Crippen LogP) is 1.37. The van der Waals surface area contributed by atoms with Crippen LogP contribution in [0.25, 0.3) is 0 Å². The summed E-state index contributed by atoms with van der Waals surface area (Å²) in [5, 5.41) is 21.5. The van der Waals surface area contributed by atoms with Crippen molar-refractivity contribution in [3.05, 3.63) is 21.8 Å². The topological polar surface area (TPSA) is 92.8 Å². The van der Waals surface area contributed by atoms with Crippen molar-refractivity contribution in [1.82, 2.24) is 10.3 Å². The molecule has 1 aromatic heterocycles. The number of anilines is 1. The van der Waals surface area contributed by atoms with Crippen LogP contribution in [0.15, 0.2) is 0 Å². The van der Waals surface area contributed by atoms with Gasteiger partial charge in [-0.05, 0) is 12.0 Å². The summed E-state index contributed by atoms with van der Waals surface area (Å²) in [5.74, 6) is 0.432. The molecule has 1 amide bonds. The number of hydrogen-bond acceptors (Lipinski definition) is 5. The van der Waals surface area contributed by atoms with Gasteiger partial charge in [0.2, 0.25) is 5.91 Å². The number of hydrogen-bond donors (Lipinski definition) is 1. The maximum Gasteiger partial charge on any atom is 0.221 e. The van der Waals surface area contributed by atoms with Gasteiger partial charge in [0.15, 0.2) is 0 Å². The summed E-state index contributed by atoms with van der Waals surface area (Å²) in [5.41, 5.74) is 1.23. The second kappa shape index (κ2) is 6.43. The minimum absolute atomic E-state index is 0.0218. The van der Waals surface area contributed by atoms with E-state index < -0.39 is 0 Å². The highest BCUT2D eigenvalue weighted by Crippen LogP contribution is 2.29. The molecule has 0 atom stereocenters. The Morgan fingerprint density at radius 2 is 2.05 bits per heavy atom. The van der Waals surface area contributed by atoms with Gasteiger partial charge in [0.25, 0.3) is 0 Å². The molecule has 0 aromatic carbocycles. The summed E-state index contributed by atoms with van der Waals surface area (Å²) in [6.07, 6.45) is 0.859. The number of nitriles is 2. The zero-order valence-electron chi connectivity index (χ0n) is 11.6. The number of amides is 1. The second-order valence-electron chi connectivity index (χ2n) is 4.62. The molecule has 0 saturated carbocycles. The molecular formula is C14H14ClN5O. The molecule has 0 spiro atoms. The third-order valence-corrected chi connectivity index (χ3v) is 3.70. The van der Waals surface area contributed by atoms with Crippen LogP contribution in [0.2, 0.25) is 5.15 Å². The lowest BCUT2D eigenvalue weighted by Gasteiger charge is -2.23. The molecular weight excluding hydrogens is 290 g/mol. The minimum atomic E-state index is -0.0218. The fraction of sp³-hybridized carbons (Fsp3) is 0.429. The Kier molecular flexibility index (Phi) is 4.62. The van der Waals surface area contributed by atoms with Crippen molar-refractivity contribution >= 4 is 23.3 Å². The van der Waals surface area contributed by atoms with Crippen LogP contribution in [-0.2, 0) is 11.2 Å². The lowest BCUT2D eigenvalue weighted by Crippen LogP contribution is -2.30. The van der Waals surface area contributed by atoms with E-state index in [0.29, 0.717) is 49.4 Å². The number of halogens is 1. The molecule has 0 aliphatic carbocycles. The van der Waals surface area contributed by atoms with Gasteiger partial charge in [0.05, 0.1) is 11.1 Å². The quantitative estimate of drug-likeness (QED) is 0.833. The summed E-state index contributed by atoms with van der Waals surface area (Å²) in [7, 11) is 0. The maximum absolute atomic E-state index is 11.4. The van der Waals surface area contributed by atoms with Crippen LogP contribution >= 0.6 is 11.6 Å². The van der Waals surface area contributed by atoms with Crippen LogP contribution in [0.1, 0.15) is 30.0 Å². The molecule has 0 radical (unpaired) electrons. The van der Waals surface area contributed by atoms with E-state index in [4.69, 9.17) is 11.6 Å². The summed E-state index contributed by atoms with van der Waals surface area (Å²) in [6, 6.07) is 4.14. The summed E-state index contributed by atoms with van der Waals surface area (Å²) in [4.78, 5) is 17.5. The first-order chi connectivity index (χ1) is 10.1. The van der Waals surface area contributed by atoms with Gasteiger partial charge in [-0.1, -0.05) is 18.5 Å². The molecule has 1 aromatic rings. The first-order valence-electron chi connectivity index (χ1n) is 6.66. The number of carbonyl (C=O) groups is 1. The Balaban J connectivity index is 2.54. The number of nitrogens with zero attached hydrogens (tertiary/aromatic N) is 4. The highest BCUT2D eigenvalue weighted by molar-refractivity contribution is 6.30. The monoisotopic (exact) mass is 303 g/mol. The van der Waals surface area contributed by atoms with Crippen LogP contribution in [0.3, 0.4) is 0 Å². The fourth-order valence-corrected chi connectivity index (χ4v) is 2.62. The number of pyridine rings is 1. The molecule has 0 bridgehead atoms. The van der Waals surface area contributed by atoms with E-state index in [9.17, 15) is 15.3 Å². The molecule has 6 nitrogen and oxygen atoms in total. The SMILES string of the molecule is CCc1c(C#N)c(Cl)nc(N2CCNC(=O)CC2)c1C#N. The molecule has 1 saturated heterocycles. The van der Waals surface area contributed by atoms with Gasteiger partial charge in [-0.15, -0.1) is 0 Å². The van der Waals surface area contributed by atoms with E-state index in [0.717, 1.165) is 0 Å². The zero-order valence-corrected chi connectivity index (χ0v) is 12.4. The van der Waals surface area contributed by atoms with Gasteiger partial charge >= 0.3 is 0 Å².